The summed E-state index contributed by atoms with van der Waals surface area (Å²) in [7, 11) is 0. The molecule has 2 aliphatic rings. The summed E-state index contributed by atoms with van der Waals surface area (Å²) >= 11 is 0. The fraction of sp³-hybridized carbons (Fsp3) is 0.688. The molecule has 0 amide bonds. The maximum atomic E-state index is 4.81. The van der Waals surface area contributed by atoms with Crippen molar-refractivity contribution in [2.75, 3.05) is 0 Å². The lowest BCUT2D eigenvalue weighted by Gasteiger charge is -2.22. The highest BCUT2D eigenvalue weighted by Gasteiger charge is 2.22. The molecule has 1 atom stereocenters. The number of rotatable bonds is 1. The summed E-state index contributed by atoms with van der Waals surface area (Å²) in [4.78, 5) is 4.81. The first-order chi connectivity index (χ1) is 8.86. The van der Waals surface area contributed by atoms with E-state index in [1.54, 1.807) is 0 Å². The first kappa shape index (κ1) is 12.0. The summed E-state index contributed by atoms with van der Waals surface area (Å²) in [6, 6.07) is 0.569. The van der Waals surface area contributed by atoms with Crippen molar-refractivity contribution in [3.05, 3.63) is 29.4 Å². The van der Waals surface area contributed by atoms with Crippen LogP contribution in [-0.2, 0) is 12.8 Å². The van der Waals surface area contributed by atoms with Crippen LogP contribution in [0, 0.1) is 6.92 Å². The second kappa shape index (κ2) is 5.29. The number of allylic oxidation sites excluding steroid dienone is 2. The zero-order valence-electron chi connectivity index (χ0n) is 11.5. The zero-order chi connectivity index (χ0) is 12.4. The molecular weight excluding hydrogens is 220 g/mol. The fourth-order valence-electron chi connectivity index (χ4n) is 3.50. The third kappa shape index (κ3) is 2.25. The Morgan fingerprint density at radius 3 is 2.94 bits per heavy atom. The van der Waals surface area contributed by atoms with Crippen LogP contribution in [0.2, 0.25) is 0 Å². The van der Waals surface area contributed by atoms with Gasteiger partial charge in [0.2, 0.25) is 0 Å². The van der Waals surface area contributed by atoms with Crippen molar-refractivity contribution >= 4 is 0 Å². The summed E-state index contributed by atoms with van der Waals surface area (Å²) in [5.41, 5.74) is 2.92. The molecule has 0 bridgehead atoms. The zero-order valence-corrected chi connectivity index (χ0v) is 11.5. The Morgan fingerprint density at radius 2 is 2.00 bits per heavy atom. The molecule has 1 unspecified atom stereocenters. The van der Waals surface area contributed by atoms with Gasteiger partial charge in [-0.3, -0.25) is 0 Å². The number of fused-ring (bicyclic) bond motifs is 1. The summed E-state index contributed by atoms with van der Waals surface area (Å²) in [6.07, 6.45) is 16.6. The average molecular weight is 244 g/mol. The van der Waals surface area contributed by atoms with E-state index >= 15 is 0 Å². The average Bonchev–Trinajstić information content (AvgIpc) is 2.65. The Kier molecular flexibility index (Phi) is 3.53. The summed E-state index contributed by atoms with van der Waals surface area (Å²) in [5, 5.41) is 0. The Morgan fingerprint density at radius 1 is 1.11 bits per heavy atom. The molecule has 1 aromatic heterocycles. The second-order valence-electron chi connectivity index (χ2n) is 5.76. The van der Waals surface area contributed by atoms with E-state index in [1.807, 2.05) is 0 Å². The van der Waals surface area contributed by atoms with Gasteiger partial charge in [-0.1, -0.05) is 25.0 Å². The Hall–Kier alpha value is -1.05. The van der Waals surface area contributed by atoms with Crippen molar-refractivity contribution < 1.29 is 0 Å². The van der Waals surface area contributed by atoms with Gasteiger partial charge in [-0.25, -0.2) is 4.98 Å². The van der Waals surface area contributed by atoms with Gasteiger partial charge in [-0.05, 0) is 51.9 Å². The number of hydrogen-bond acceptors (Lipinski definition) is 1. The van der Waals surface area contributed by atoms with E-state index in [1.165, 1.54) is 75.0 Å². The molecule has 0 saturated carbocycles. The van der Waals surface area contributed by atoms with Gasteiger partial charge < -0.3 is 4.57 Å². The molecule has 1 heterocycles. The van der Waals surface area contributed by atoms with Gasteiger partial charge in [0.25, 0.3) is 0 Å². The van der Waals surface area contributed by atoms with E-state index in [0.29, 0.717) is 6.04 Å². The van der Waals surface area contributed by atoms with Crippen LogP contribution in [-0.4, -0.2) is 9.55 Å². The van der Waals surface area contributed by atoms with Crippen molar-refractivity contribution in [1.82, 2.24) is 9.55 Å². The number of imidazole rings is 1. The van der Waals surface area contributed by atoms with Crippen LogP contribution in [0.3, 0.4) is 0 Å². The number of aryl methyl sites for hydroxylation is 2. The van der Waals surface area contributed by atoms with E-state index < -0.39 is 0 Å². The molecule has 0 aromatic carbocycles. The highest BCUT2D eigenvalue weighted by Crippen LogP contribution is 2.29. The van der Waals surface area contributed by atoms with Gasteiger partial charge in [0, 0.05) is 5.69 Å². The molecule has 3 rings (SSSR count). The predicted octanol–water partition coefficient (Wildman–Crippen LogP) is 4.13. The minimum atomic E-state index is 0.569. The van der Waals surface area contributed by atoms with Crippen molar-refractivity contribution in [3.63, 3.8) is 0 Å². The molecule has 2 nitrogen and oxygen atoms in total. The summed E-state index contributed by atoms with van der Waals surface area (Å²) in [5.74, 6) is 1.23. The van der Waals surface area contributed by atoms with Crippen LogP contribution in [0.4, 0.5) is 0 Å². The lowest BCUT2D eigenvalue weighted by molar-refractivity contribution is 0.475. The second-order valence-corrected chi connectivity index (χ2v) is 5.76. The Labute approximate surface area is 110 Å². The van der Waals surface area contributed by atoms with E-state index in [-0.39, 0.29) is 0 Å². The minimum Gasteiger partial charge on any atom is -0.325 e. The normalized spacial score (nSPS) is 26.2. The predicted molar refractivity (Wildman–Crippen MR) is 74.9 cm³/mol. The molecule has 2 heteroatoms. The van der Waals surface area contributed by atoms with Crippen LogP contribution < -0.4 is 0 Å². The molecule has 0 radical (unpaired) electrons. The molecule has 0 spiro atoms. The molecule has 0 N–H and O–H groups in total. The van der Waals surface area contributed by atoms with Gasteiger partial charge in [-0.2, -0.15) is 0 Å². The molecule has 0 fully saturated rings. The summed E-state index contributed by atoms with van der Waals surface area (Å²) in [6.45, 7) is 2.19. The quantitative estimate of drug-likeness (QED) is 0.679. The molecule has 1 aromatic rings. The van der Waals surface area contributed by atoms with E-state index in [0.717, 1.165) is 0 Å². The first-order valence-corrected chi connectivity index (χ1v) is 7.59. The van der Waals surface area contributed by atoms with Crippen molar-refractivity contribution in [2.45, 2.75) is 70.8 Å². The van der Waals surface area contributed by atoms with Crippen LogP contribution in [0.1, 0.15) is 68.2 Å². The van der Waals surface area contributed by atoms with Crippen LogP contribution >= 0.6 is 0 Å². The van der Waals surface area contributed by atoms with E-state index in [9.17, 15) is 0 Å². The number of hydrogen-bond donors (Lipinski definition) is 0. The summed E-state index contributed by atoms with van der Waals surface area (Å²) < 4.78 is 2.54. The lowest BCUT2D eigenvalue weighted by Crippen LogP contribution is -2.15. The number of aromatic nitrogens is 2. The maximum absolute atomic E-state index is 4.81. The van der Waals surface area contributed by atoms with Gasteiger partial charge in [0.15, 0.2) is 0 Å². The number of nitrogens with zero attached hydrogens (tertiary/aromatic N) is 2. The van der Waals surface area contributed by atoms with Crippen LogP contribution in [0.25, 0.3) is 0 Å². The highest BCUT2D eigenvalue weighted by atomic mass is 15.1. The Balaban J connectivity index is 1.94. The van der Waals surface area contributed by atoms with Crippen LogP contribution in [0.5, 0.6) is 0 Å². The van der Waals surface area contributed by atoms with Crippen molar-refractivity contribution in [1.29, 1.82) is 0 Å². The fourth-order valence-corrected chi connectivity index (χ4v) is 3.50. The third-order valence-corrected chi connectivity index (χ3v) is 4.41. The van der Waals surface area contributed by atoms with Gasteiger partial charge >= 0.3 is 0 Å². The van der Waals surface area contributed by atoms with Gasteiger partial charge in [0.1, 0.15) is 5.82 Å². The van der Waals surface area contributed by atoms with Gasteiger partial charge in [0.05, 0.1) is 11.7 Å². The van der Waals surface area contributed by atoms with Crippen LogP contribution in [0.15, 0.2) is 12.2 Å². The van der Waals surface area contributed by atoms with E-state index in [4.69, 9.17) is 4.98 Å². The third-order valence-electron chi connectivity index (χ3n) is 4.41. The Bertz CT molecular complexity index is 442. The molecule has 98 valence electrons. The first-order valence-electron chi connectivity index (χ1n) is 7.59. The molecule has 18 heavy (non-hydrogen) atoms. The van der Waals surface area contributed by atoms with Crippen molar-refractivity contribution in [3.8, 4) is 0 Å². The minimum absolute atomic E-state index is 0.569. The molecule has 2 aliphatic carbocycles. The SMILES string of the molecule is Cc1nc2c(n1C1/C=C/CCCCC1)CCCC2. The van der Waals surface area contributed by atoms with E-state index in [2.05, 4.69) is 23.6 Å². The smallest absolute Gasteiger partial charge is 0.106 e. The molecular formula is C16H24N2. The topological polar surface area (TPSA) is 17.8 Å². The highest BCUT2D eigenvalue weighted by molar-refractivity contribution is 5.22. The lowest BCUT2D eigenvalue weighted by atomic mass is 9.98. The standard InChI is InChI=1S/C16H24N2/c1-13-17-15-11-7-8-12-16(15)18(13)14-9-5-3-2-4-6-10-14/h5,9,14H,2-4,6-8,10-12H2,1H3/b9-5+. The maximum Gasteiger partial charge on any atom is 0.106 e. The van der Waals surface area contributed by atoms with Gasteiger partial charge in [-0.15, -0.1) is 0 Å². The monoisotopic (exact) mass is 244 g/mol. The molecule has 0 aliphatic heterocycles. The largest absolute Gasteiger partial charge is 0.325 e. The van der Waals surface area contributed by atoms with Crippen molar-refractivity contribution in [2.24, 2.45) is 0 Å². The molecule has 0 saturated heterocycles.